The summed E-state index contributed by atoms with van der Waals surface area (Å²) in [6.07, 6.45) is 12.0. The van der Waals surface area contributed by atoms with Crippen molar-refractivity contribution >= 4 is 5.94 Å². The number of rotatable bonds is 2. The van der Waals surface area contributed by atoms with Crippen LogP contribution < -0.4 is 0 Å². The molecular formula is C22H34O3. The molecule has 1 unspecified atom stereocenters. The van der Waals surface area contributed by atoms with Gasteiger partial charge in [0.05, 0.1) is 12.2 Å². The molecule has 0 aromatic heterocycles. The molecule has 0 amide bonds. The summed E-state index contributed by atoms with van der Waals surface area (Å²) in [5.74, 6) is 4.72. The van der Waals surface area contributed by atoms with Gasteiger partial charge in [0.2, 0.25) is 0 Å². The molecule has 4 aliphatic carbocycles. The molecule has 4 aliphatic rings. The van der Waals surface area contributed by atoms with Crippen molar-refractivity contribution in [2.24, 2.45) is 34.5 Å². The molecule has 0 radical (unpaired) electrons. The van der Waals surface area contributed by atoms with Gasteiger partial charge in [0.1, 0.15) is 11.5 Å². The van der Waals surface area contributed by atoms with Crippen molar-refractivity contribution in [1.82, 2.24) is 0 Å². The van der Waals surface area contributed by atoms with Crippen LogP contribution in [-0.2, 0) is 4.79 Å². The number of fused-ring (bicyclic) bond motifs is 5. The second-order valence-corrected chi connectivity index (χ2v) is 10.00. The fourth-order valence-corrected chi connectivity index (χ4v) is 8.05. The smallest absolute Gasteiger partial charge is 0.129 e. The molecule has 4 rings (SSSR count). The van der Waals surface area contributed by atoms with E-state index in [4.69, 9.17) is 0 Å². The van der Waals surface area contributed by atoms with E-state index in [1.807, 2.05) is 5.94 Å². The normalized spacial score (nSPS) is 51.8. The van der Waals surface area contributed by atoms with Crippen molar-refractivity contribution in [1.29, 1.82) is 0 Å². The van der Waals surface area contributed by atoms with E-state index in [1.54, 1.807) is 0 Å². The van der Waals surface area contributed by atoms with E-state index in [0.717, 1.165) is 24.7 Å². The first-order valence-corrected chi connectivity index (χ1v) is 10.5. The highest BCUT2D eigenvalue weighted by atomic mass is 16.3. The van der Waals surface area contributed by atoms with Crippen LogP contribution in [0.15, 0.2) is 5.57 Å². The first-order valence-electron chi connectivity index (χ1n) is 10.5. The van der Waals surface area contributed by atoms with Gasteiger partial charge < -0.3 is 10.2 Å². The van der Waals surface area contributed by atoms with E-state index in [9.17, 15) is 15.0 Å². The molecule has 3 heteroatoms. The second-order valence-electron chi connectivity index (χ2n) is 10.00. The third-order valence-corrected chi connectivity index (χ3v) is 9.52. The summed E-state index contributed by atoms with van der Waals surface area (Å²) in [6.45, 7) is 4.38. The Morgan fingerprint density at radius 3 is 2.48 bits per heavy atom. The number of aliphatic hydroxyl groups excluding tert-OH is 1. The monoisotopic (exact) mass is 346 g/mol. The maximum absolute atomic E-state index is 11.4. The Kier molecular flexibility index (Phi) is 4.22. The van der Waals surface area contributed by atoms with Gasteiger partial charge in [-0.3, -0.25) is 0 Å². The molecule has 7 atom stereocenters. The first kappa shape index (κ1) is 17.8. The van der Waals surface area contributed by atoms with Gasteiger partial charge in [-0.1, -0.05) is 26.7 Å². The summed E-state index contributed by atoms with van der Waals surface area (Å²) in [6, 6.07) is 0. The Hall–Kier alpha value is -0.630. The quantitative estimate of drug-likeness (QED) is 0.746. The van der Waals surface area contributed by atoms with Crippen LogP contribution in [0.2, 0.25) is 0 Å². The summed E-state index contributed by atoms with van der Waals surface area (Å²) in [4.78, 5) is 11.4. The maximum atomic E-state index is 11.4. The van der Waals surface area contributed by atoms with E-state index in [-0.39, 0.29) is 17.6 Å². The van der Waals surface area contributed by atoms with Crippen molar-refractivity contribution in [2.75, 3.05) is 6.61 Å². The largest absolute Gasteiger partial charge is 0.391 e. The minimum absolute atomic E-state index is 0.188. The summed E-state index contributed by atoms with van der Waals surface area (Å²) >= 11 is 0. The van der Waals surface area contributed by atoms with Crippen molar-refractivity contribution in [2.45, 2.75) is 83.7 Å². The van der Waals surface area contributed by atoms with Gasteiger partial charge in [0.15, 0.2) is 0 Å². The van der Waals surface area contributed by atoms with Gasteiger partial charge in [-0.15, -0.1) is 0 Å². The Morgan fingerprint density at radius 1 is 1.00 bits per heavy atom. The standard InChI is InChI=1S/C22H34O3/c1-20-10-4-3-5-15(20)6-7-17-18(20)8-11-21(2)19(17)9-12-22(21,25)16(13-23)14-24/h15,17-19,23,25H,3-13H2,1-2H3/t15?,17-,18+,19+,20+,21+,22+/m1/s1. The molecule has 0 heterocycles. The molecule has 0 bridgehead atoms. The van der Waals surface area contributed by atoms with Crippen LogP contribution in [0.4, 0.5) is 0 Å². The molecule has 4 saturated carbocycles. The fraction of sp³-hybridized carbons (Fsp3) is 0.909. The van der Waals surface area contributed by atoms with Gasteiger partial charge in [-0.05, 0) is 80.5 Å². The maximum Gasteiger partial charge on any atom is 0.129 e. The molecule has 2 N–H and O–H groups in total. The minimum atomic E-state index is -1.15. The Bertz CT molecular complexity index is 594. The lowest BCUT2D eigenvalue weighted by atomic mass is 9.44. The molecular weight excluding hydrogens is 312 g/mol. The van der Waals surface area contributed by atoms with E-state index >= 15 is 0 Å². The lowest BCUT2D eigenvalue weighted by Crippen LogP contribution is -2.56. The molecule has 0 aromatic carbocycles. The van der Waals surface area contributed by atoms with E-state index in [0.29, 0.717) is 23.7 Å². The second kappa shape index (κ2) is 5.94. The van der Waals surface area contributed by atoms with Gasteiger partial charge in [0, 0.05) is 5.41 Å². The number of aliphatic hydroxyl groups is 2. The predicted octanol–water partition coefficient (Wildman–Crippen LogP) is 3.90. The molecule has 0 aromatic rings. The summed E-state index contributed by atoms with van der Waals surface area (Å²) in [5, 5.41) is 21.1. The van der Waals surface area contributed by atoms with E-state index < -0.39 is 5.60 Å². The van der Waals surface area contributed by atoms with Crippen LogP contribution in [0.5, 0.6) is 0 Å². The van der Waals surface area contributed by atoms with Crippen LogP contribution in [-0.4, -0.2) is 28.4 Å². The summed E-state index contributed by atoms with van der Waals surface area (Å²) in [5.41, 5.74) is -0.748. The van der Waals surface area contributed by atoms with Gasteiger partial charge in [0.25, 0.3) is 0 Å². The molecule has 0 spiro atoms. The highest BCUT2D eigenvalue weighted by Crippen LogP contribution is 2.69. The number of carbonyl (C=O) groups excluding carboxylic acids is 1. The van der Waals surface area contributed by atoms with Crippen molar-refractivity contribution in [3.63, 3.8) is 0 Å². The SMILES string of the molecule is C[C@]12CCCCC1CC[C@@H]1[C@@H]2CC[C@@]2(C)[C@H]1CC[C@]2(O)C(=C=O)CO. The van der Waals surface area contributed by atoms with Gasteiger partial charge >= 0.3 is 0 Å². The predicted molar refractivity (Wildman–Crippen MR) is 97.6 cm³/mol. The Morgan fingerprint density at radius 2 is 1.76 bits per heavy atom. The highest BCUT2D eigenvalue weighted by Gasteiger charge is 2.65. The third kappa shape index (κ3) is 2.22. The molecule has 25 heavy (non-hydrogen) atoms. The zero-order valence-electron chi connectivity index (χ0n) is 15.9. The first-order chi connectivity index (χ1) is 11.9. The summed E-state index contributed by atoms with van der Waals surface area (Å²) < 4.78 is 0. The lowest BCUT2D eigenvalue weighted by molar-refractivity contribution is -0.141. The van der Waals surface area contributed by atoms with Crippen LogP contribution in [0.25, 0.3) is 0 Å². The number of hydrogen-bond donors (Lipinski definition) is 2. The molecule has 140 valence electrons. The fourth-order valence-electron chi connectivity index (χ4n) is 8.05. The topological polar surface area (TPSA) is 57.5 Å². The van der Waals surface area contributed by atoms with Gasteiger partial charge in [-0.25, -0.2) is 4.79 Å². The van der Waals surface area contributed by atoms with Crippen molar-refractivity contribution < 1.29 is 15.0 Å². The van der Waals surface area contributed by atoms with Crippen molar-refractivity contribution in [3.8, 4) is 0 Å². The van der Waals surface area contributed by atoms with Gasteiger partial charge in [-0.2, -0.15) is 0 Å². The zero-order valence-corrected chi connectivity index (χ0v) is 15.9. The molecule has 0 saturated heterocycles. The molecule has 3 nitrogen and oxygen atoms in total. The zero-order chi connectivity index (χ0) is 17.9. The highest BCUT2D eigenvalue weighted by molar-refractivity contribution is 5.57. The average Bonchev–Trinajstić information content (AvgIpc) is 2.88. The number of hydrogen-bond acceptors (Lipinski definition) is 3. The van der Waals surface area contributed by atoms with E-state index in [2.05, 4.69) is 13.8 Å². The Labute approximate surface area is 151 Å². The van der Waals surface area contributed by atoms with Crippen LogP contribution >= 0.6 is 0 Å². The van der Waals surface area contributed by atoms with Crippen molar-refractivity contribution in [3.05, 3.63) is 5.57 Å². The van der Waals surface area contributed by atoms with Crippen LogP contribution in [0.3, 0.4) is 0 Å². The average molecular weight is 347 g/mol. The third-order valence-electron chi connectivity index (χ3n) is 9.52. The molecule has 0 aliphatic heterocycles. The Balaban J connectivity index is 1.67. The van der Waals surface area contributed by atoms with Crippen LogP contribution in [0, 0.1) is 34.5 Å². The summed E-state index contributed by atoms with van der Waals surface area (Å²) in [7, 11) is 0. The molecule has 4 fully saturated rings. The minimum Gasteiger partial charge on any atom is -0.391 e. The lowest BCUT2D eigenvalue weighted by Gasteiger charge is -2.61. The van der Waals surface area contributed by atoms with Crippen LogP contribution in [0.1, 0.15) is 78.1 Å². The van der Waals surface area contributed by atoms with E-state index in [1.165, 1.54) is 44.9 Å².